The van der Waals surface area contributed by atoms with Crippen LogP contribution >= 0.6 is 11.8 Å². The minimum Gasteiger partial charge on any atom is -0.490 e. The molecule has 0 unspecified atom stereocenters. The molecule has 0 spiro atoms. The zero-order valence-corrected chi connectivity index (χ0v) is 18.8. The summed E-state index contributed by atoms with van der Waals surface area (Å²) in [5, 5.41) is 0. The fraction of sp³-hybridized carbons (Fsp3) is 0.222. The average Bonchev–Trinajstić information content (AvgIpc) is 2.82. The molecule has 0 amide bonds. The number of methoxy groups -OCH3 is 1. The number of hydrogen-bond donors (Lipinski definition) is 0. The van der Waals surface area contributed by atoms with Crippen molar-refractivity contribution in [2.75, 3.05) is 19.5 Å². The Kier molecular flexibility index (Phi) is 12.4. The molecule has 2 rings (SSSR count). The third-order valence-corrected chi connectivity index (χ3v) is 5.12. The second kappa shape index (κ2) is 15.8. The van der Waals surface area contributed by atoms with Gasteiger partial charge >= 0.3 is 5.97 Å². The van der Waals surface area contributed by atoms with Gasteiger partial charge in [0.05, 0.1) is 12.7 Å². The molecule has 162 valence electrons. The SMILES string of the molecule is COC(=O)c1cccc(SC/C=C\C/C=C\C/C=C\C/C=C\COc2ccccc2)c1. The lowest BCUT2D eigenvalue weighted by Crippen LogP contribution is -2.00. The molecule has 3 nitrogen and oxygen atoms in total. The number of para-hydroxylation sites is 1. The molecule has 4 heteroatoms. The monoisotopic (exact) mass is 434 g/mol. The van der Waals surface area contributed by atoms with Crippen LogP contribution in [0.4, 0.5) is 0 Å². The van der Waals surface area contributed by atoms with Gasteiger partial charge in [-0.25, -0.2) is 4.79 Å². The first-order valence-corrected chi connectivity index (χ1v) is 11.4. The quantitative estimate of drug-likeness (QED) is 0.192. The fourth-order valence-corrected chi connectivity index (χ4v) is 3.40. The predicted octanol–water partition coefficient (Wildman–Crippen LogP) is 7.04. The van der Waals surface area contributed by atoms with E-state index in [1.165, 1.54) is 7.11 Å². The Labute approximate surface area is 190 Å². The number of carbonyl (C=O) groups is 1. The standard InChI is InChI=1S/C27H30O3S/c1-29-27(28)24-17-16-20-26(23-24)31-22-15-10-8-6-4-2-3-5-7-9-14-21-30-25-18-12-11-13-19-25/h3-6,9-20,23H,2,7-8,21-22H2,1H3/b5-3-,6-4-,14-9-,15-10-. The zero-order chi connectivity index (χ0) is 22.0. The van der Waals surface area contributed by atoms with E-state index in [1.807, 2.05) is 54.6 Å². The second-order valence-electron chi connectivity index (χ2n) is 6.55. The van der Waals surface area contributed by atoms with Crippen molar-refractivity contribution in [3.8, 4) is 5.75 Å². The van der Waals surface area contributed by atoms with Gasteiger partial charge in [-0.3, -0.25) is 0 Å². The molecule has 0 aliphatic rings. The first-order valence-electron chi connectivity index (χ1n) is 10.4. The van der Waals surface area contributed by atoms with Gasteiger partial charge in [0.15, 0.2) is 0 Å². The zero-order valence-electron chi connectivity index (χ0n) is 18.0. The smallest absolute Gasteiger partial charge is 0.337 e. The highest BCUT2D eigenvalue weighted by Gasteiger charge is 2.05. The first-order chi connectivity index (χ1) is 15.3. The molecule has 0 radical (unpaired) electrons. The summed E-state index contributed by atoms with van der Waals surface area (Å²) in [5.41, 5.74) is 0.587. The van der Waals surface area contributed by atoms with Crippen LogP contribution in [0.15, 0.2) is 108 Å². The number of allylic oxidation sites excluding steroid dienone is 6. The summed E-state index contributed by atoms with van der Waals surface area (Å²) in [4.78, 5) is 12.6. The van der Waals surface area contributed by atoms with Gasteiger partial charge in [-0.1, -0.05) is 72.9 Å². The number of rotatable bonds is 13. The number of thioether (sulfide) groups is 1. The molecule has 0 saturated carbocycles. The van der Waals surface area contributed by atoms with Gasteiger partial charge < -0.3 is 9.47 Å². The van der Waals surface area contributed by atoms with Gasteiger partial charge in [0.25, 0.3) is 0 Å². The Morgan fingerprint density at radius 3 is 2.13 bits per heavy atom. The number of carbonyl (C=O) groups excluding carboxylic acids is 1. The molecule has 31 heavy (non-hydrogen) atoms. The Balaban J connectivity index is 1.50. The molecule has 0 aromatic heterocycles. The molecule has 0 bridgehead atoms. The van der Waals surface area contributed by atoms with Crippen LogP contribution in [-0.4, -0.2) is 25.4 Å². The maximum absolute atomic E-state index is 11.6. The van der Waals surface area contributed by atoms with Crippen LogP contribution < -0.4 is 4.74 Å². The van der Waals surface area contributed by atoms with Gasteiger partial charge in [0.2, 0.25) is 0 Å². The first kappa shape index (κ1) is 24.3. The minimum absolute atomic E-state index is 0.301. The topological polar surface area (TPSA) is 35.5 Å². The van der Waals surface area contributed by atoms with Crippen molar-refractivity contribution in [1.29, 1.82) is 0 Å². The summed E-state index contributed by atoms with van der Waals surface area (Å²) in [6.07, 6.45) is 19.9. The molecule has 0 aliphatic heterocycles. The average molecular weight is 435 g/mol. The Morgan fingerprint density at radius 1 is 0.806 bits per heavy atom. The van der Waals surface area contributed by atoms with Crippen molar-refractivity contribution >= 4 is 17.7 Å². The molecule has 0 saturated heterocycles. The van der Waals surface area contributed by atoms with Crippen molar-refractivity contribution in [2.24, 2.45) is 0 Å². The summed E-state index contributed by atoms with van der Waals surface area (Å²) < 4.78 is 10.4. The molecular formula is C27H30O3S. The molecule has 0 aliphatic carbocycles. The Morgan fingerprint density at radius 2 is 1.45 bits per heavy atom. The van der Waals surface area contributed by atoms with Crippen LogP contribution in [0.1, 0.15) is 29.6 Å². The highest BCUT2D eigenvalue weighted by molar-refractivity contribution is 7.99. The molecule has 2 aromatic rings. The Hall–Kier alpha value is -2.98. The highest BCUT2D eigenvalue weighted by Crippen LogP contribution is 2.19. The maximum Gasteiger partial charge on any atom is 0.337 e. The molecule has 0 heterocycles. The van der Waals surface area contributed by atoms with E-state index < -0.39 is 0 Å². The summed E-state index contributed by atoms with van der Waals surface area (Å²) in [6.45, 7) is 0.596. The van der Waals surface area contributed by atoms with Crippen molar-refractivity contribution < 1.29 is 14.3 Å². The molecule has 0 atom stereocenters. The maximum atomic E-state index is 11.6. The van der Waals surface area contributed by atoms with Crippen molar-refractivity contribution in [2.45, 2.75) is 24.2 Å². The van der Waals surface area contributed by atoms with Crippen molar-refractivity contribution in [1.82, 2.24) is 0 Å². The van der Waals surface area contributed by atoms with Crippen LogP contribution in [0.2, 0.25) is 0 Å². The van der Waals surface area contributed by atoms with Crippen LogP contribution in [0.3, 0.4) is 0 Å². The van der Waals surface area contributed by atoms with E-state index in [-0.39, 0.29) is 5.97 Å². The van der Waals surface area contributed by atoms with E-state index in [1.54, 1.807) is 17.8 Å². The van der Waals surface area contributed by atoms with Gasteiger partial charge in [-0.2, -0.15) is 0 Å². The summed E-state index contributed by atoms with van der Waals surface area (Å²) in [7, 11) is 1.40. The van der Waals surface area contributed by atoms with Crippen LogP contribution in [0, 0.1) is 0 Å². The van der Waals surface area contributed by atoms with Gasteiger partial charge in [0, 0.05) is 10.6 Å². The van der Waals surface area contributed by atoms with E-state index in [0.29, 0.717) is 12.2 Å². The van der Waals surface area contributed by atoms with Gasteiger partial charge in [-0.15, -0.1) is 11.8 Å². The molecule has 0 N–H and O–H groups in total. The van der Waals surface area contributed by atoms with Crippen LogP contribution in [0.25, 0.3) is 0 Å². The lowest BCUT2D eigenvalue weighted by Gasteiger charge is -2.02. The predicted molar refractivity (Wildman–Crippen MR) is 131 cm³/mol. The normalized spacial score (nSPS) is 11.8. The van der Waals surface area contributed by atoms with E-state index >= 15 is 0 Å². The minimum atomic E-state index is -0.301. The summed E-state index contributed by atoms with van der Waals surface area (Å²) in [6, 6.07) is 17.3. The van der Waals surface area contributed by atoms with E-state index in [9.17, 15) is 4.79 Å². The second-order valence-corrected chi connectivity index (χ2v) is 7.64. The van der Waals surface area contributed by atoms with E-state index in [4.69, 9.17) is 9.47 Å². The number of esters is 1. The third-order valence-electron chi connectivity index (χ3n) is 4.17. The third kappa shape index (κ3) is 11.1. The van der Waals surface area contributed by atoms with Crippen molar-refractivity contribution in [3.63, 3.8) is 0 Å². The summed E-state index contributed by atoms with van der Waals surface area (Å²) in [5.74, 6) is 1.47. The molecule has 2 aromatic carbocycles. The summed E-state index contributed by atoms with van der Waals surface area (Å²) >= 11 is 1.70. The molecule has 0 fully saturated rings. The number of ether oxygens (including phenoxy) is 2. The highest BCUT2D eigenvalue weighted by atomic mass is 32.2. The van der Waals surface area contributed by atoms with Crippen molar-refractivity contribution in [3.05, 3.63) is 109 Å². The van der Waals surface area contributed by atoms with Crippen LogP contribution in [0.5, 0.6) is 5.75 Å². The Bertz CT molecular complexity index is 882. The lowest BCUT2D eigenvalue weighted by molar-refractivity contribution is 0.0600. The van der Waals surface area contributed by atoms with E-state index in [2.05, 4.69) is 42.5 Å². The van der Waals surface area contributed by atoms with Gasteiger partial charge in [0.1, 0.15) is 12.4 Å². The lowest BCUT2D eigenvalue weighted by atomic mass is 10.2. The fourth-order valence-electron chi connectivity index (χ4n) is 2.59. The number of benzene rings is 2. The van der Waals surface area contributed by atoms with Gasteiger partial charge in [-0.05, 0) is 49.6 Å². The van der Waals surface area contributed by atoms with Crippen LogP contribution in [-0.2, 0) is 4.74 Å². The number of hydrogen-bond acceptors (Lipinski definition) is 4. The largest absolute Gasteiger partial charge is 0.490 e. The van der Waals surface area contributed by atoms with E-state index in [0.717, 1.165) is 35.7 Å². The molecular weight excluding hydrogens is 404 g/mol.